The first-order chi connectivity index (χ1) is 11.8. The number of fused-ring (bicyclic) bond motifs is 1. The van der Waals surface area contributed by atoms with Gasteiger partial charge in [0.05, 0.1) is 34.6 Å². The van der Waals surface area contributed by atoms with Gasteiger partial charge in [0, 0.05) is 5.38 Å². The van der Waals surface area contributed by atoms with Crippen molar-refractivity contribution < 1.29 is 4.79 Å². The number of nitrogens with zero attached hydrogens (tertiary/aromatic N) is 2. The van der Waals surface area contributed by atoms with Crippen LogP contribution >= 0.6 is 22.7 Å². The zero-order valence-corrected chi connectivity index (χ0v) is 14.3. The van der Waals surface area contributed by atoms with Gasteiger partial charge in [-0.3, -0.25) is 4.79 Å². The summed E-state index contributed by atoms with van der Waals surface area (Å²) in [6.07, 6.45) is 0.280. The number of H-pyrrole nitrogens is 1. The van der Waals surface area contributed by atoms with Crippen LogP contribution in [0.25, 0.3) is 20.9 Å². The summed E-state index contributed by atoms with van der Waals surface area (Å²) in [5.74, 6) is 0.695. The van der Waals surface area contributed by atoms with Crippen molar-refractivity contribution >= 4 is 39.6 Å². The maximum absolute atomic E-state index is 12.1. The van der Waals surface area contributed by atoms with E-state index in [9.17, 15) is 4.79 Å². The van der Waals surface area contributed by atoms with E-state index >= 15 is 0 Å². The minimum absolute atomic E-state index is 0.0570. The minimum Gasteiger partial charge on any atom is -0.349 e. The molecule has 0 atom stereocenters. The molecule has 3 heterocycles. The maximum atomic E-state index is 12.1. The van der Waals surface area contributed by atoms with Crippen LogP contribution in [0, 0.1) is 0 Å². The highest BCUT2D eigenvalue weighted by Gasteiger charge is 2.10. The maximum Gasteiger partial charge on any atom is 0.226 e. The quantitative estimate of drug-likeness (QED) is 0.575. The molecule has 4 rings (SSSR count). The second kappa shape index (κ2) is 6.54. The first-order valence-corrected chi connectivity index (χ1v) is 9.22. The second-order valence-corrected chi connectivity index (χ2v) is 7.08. The molecule has 2 N–H and O–H groups in total. The molecule has 0 aliphatic carbocycles. The van der Waals surface area contributed by atoms with E-state index in [1.54, 1.807) is 22.7 Å². The Kier molecular flexibility index (Phi) is 4.10. The van der Waals surface area contributed by atoms with Crippen LogP contribution in [0.5, 0.6) is 0 Å². The summed E-state index contributed by atoms with van der Waals surface area (Å²) >= 11 is 3.22. The molecule has 120 valence electrons. The molecule has 0 bridgehead atoms. The molecule has 3 aromatic heterocycles. The molecule has 0 aliphatic heterocycles. The van der Waals surface area contributed by atoms with Gasteiger partial charge in [0.25, 0.3) is 0 Å². The number of benzene rings is 1. The molecule has 0 spiro atoms. The van der Waals surface area contributed by atoms with E-state index in [4.69, 9.17) is 0 Å². The Morgan fingerprint density at radius 3 is 2.88 bits per heavy atom. The van der Waals surface area contributed by atoms with Gasteiger partial charge in [0.15, 0.2) is 0 Å². The molecule has 0 saturated heterocycles. The number of hydrogen-bond donors (Lipinski definition) is 2. The van der Waals surface area contributed by atoms with Gasteiger partial charge >= 0.3 is 0 Å². The number of imidazole rings is 1. The number of hydrogen-bond acceptors (Lipinski definition) is 5. The number of carbonyl (C=O) groups is 1. The van der Waals surface area contributed by atoms with Crippen LogP contribution in [0.2, 0.25) is 0 Å². The Morgan fingerprint density at radius 1 is 1.12 bits per heavy atom. The van der Waals surface area contributed by atoms with Crippen molar-refractivity contribution in [2.24, 2.45) is 0 Å². The van der Waals surface area contributed by atoms with E-state index < -0.39 is 0 Å². The van der Waals surface area contributed by atoms with Gasteiger partial charge < -0.3 is 10.3 Å². The molecule has 5 nitrogen and oxygen atoms in total. The van der Waals surface area contributed by atoms with Gasteiger partial charge in [-0.1, -0.05) is 18.2 Å². The molecular weight excluding hydrogens is 340 g/mol. The van der Waals surface area contributed by atoms with Crippen LogP contribution < -0.4 is 5.32 Å². The van der Waals surface area contributed by atoms with E-state index in [0.29, 0.717) is 6.54 Å². The lowest BCUT2D eigenvalue weighted by atomic mass is 10.3. The standard InChI is InChI=1S/C17H14N4OS2/c22-16(8-11-10-24-17(19-11)14-6-3-7-23-14)18-9-15-20-12-4-1-2-5-13(12)21-15/h1-7,10H,8-9H2,(H,18,22)(H,20,21). The smallest absolute Gasteiger partial charge is 0.226 e. The third kappa shape index (κ3) is 3.22. The van der Waals surface area contributed by atoms with E-state index in [1.165, 1.54) is 0 Å². The fourth-order valence-corrected chi connectivity index (χ4v) is 4.03. The molecule has 1 aromatic carbocycles. The number of rotatable bonds is 5. The summed E-state index contributed by atoms with van der Waals surface area (Å²) < 4.78 is 0. The van der Waals surface area contributed by atoms with Crippen molar-refractivity contribution in [3.05, 3.63) is 58.7 Å². The summed E-state index contributed by atoms with van der Waals surface area (Å²) in [6, 6.07) is 11.8. The molecular formula is C17H14N4OS2. The Morgan fingerprint density at radius 2 is 2.04 bits per heavy atom. The van der Waals surface area contributed by atoms with E-state index in [2.05, 4.69) is 20.3 Å². The van der Waals surface area contributed by atoms with Crippen LogP contribution in [-0.2, 0) is 17.8 Å². The van der Waals surface area contributed by atoms with Crippen LogP contribution in [0.1, 0.15) is 11.5 Å². The molecule has 0 radical (unpaired) electrons. The third-order valence-electron chi connectivity index (χ3n) is 3.52. The zero-order valence-electron chi connectivity index (χ0n) is 12.7. The fourth-order valence-electron chi connectivity index (χ4n) is 2.40. The van der Waals surface area contributed by atoms with Crippen LogP contribution in [0.3, 0.4) is 0 Å². The summed E-state index contributed by atoms with van der Waals surface area (Å²) in [7, 11) is 0. The number of amides is 1. The Balaban J connectivity index is 1.36. The Bertz CT molecular complexity index is 938. The summed E-state index contributed by atoms with van der Waals surface area (Å²) in [4.78, 5) is 25.4. The Hall–Kier alpha value is -2.51. The topological polar surface area (TPSA) is 70.7 Å². The predicted molar refractivity (Wildman–Crippen MR) is 97.1 cm³/mol. The number of nitrogens with one attached hydrogen (secondary N) is 2. The van der Waals surface area contributed by atoms with Gasteiger partial charge in [-0.2, -0.15) is 0 Å². The van der Waals surface area contributed by atoms with Crippen molar-refractivity contribution in [2.45, 2.75) is 13.0 Å². The van der Waals surface area contributed by atoms with E-state index in [-0.39, 0.29) is 12.3 Å². The number of thiazole rings is 1. The van der Waals surface area contributed by atoms with Crippen molar-refractivity contribution in [3.63, 3.8) is 0 Å². The van der Waals surface area contributed by atoms with Crippen molar-refractivity contribution in [2.75, 3.05) is 0 Å². The summed E-state index contributed by atoms with van der Waals surface area (Å²) in [6.45, 7) is 0.384. The molecule has 0 saturated carbocycles. The number of aromatic nitrogens is 3. The monoisotopic (exact) mass is 354 g/mol. The highest BCUT2D eigenvalue weighted by Crippen LogP contribution is 2.27. The van der Waals surface area contributed by atoms with E-state index in [1.807, 2.05) is 47.2 Å². The first-order valence-electron chi connectivity index (χ1n) is 7.46. The van der Waals surface area contributed by atoms with Crippen LogP contribution in [0.15, 0.2) is 47.2 Å². The number of para-hydroxylation sites is 2. The molecule has 24 heavy (non-hydrogen) atoms. The highest BCUT2D eigenvalue weighted by atomic mass is 32.1. The molecule has 0 unspecified atom stereocenters. The van der Waals surface area contributed by atoms with Crippen molar-refractivity contribution in [1.82, 2.24) is 20.3 Å². The number of carbonyl (C=O) groups excluding carboxylic acids is 1. The predicted octanol–water partition coefficient (Wildman–Crippen LogP) is 3.61. The number of aromatic amines is 1. The summed E-state index contributed by atoms with van der Waals surface area (Å²) in [5.41, 5.74) is 2.68. The van der Waals surface area contributed by atoms with Gasteiger partial charge in [0.1, 0.15) is 10.8 Å². The SMILES string of the molecule is O=C(Cc1csc(-c2cccs2)n1)NCc1nc2ccccc2[nH]1. The molecule has 1 amide bonds. The van der Waals surface area contributed by atoms with Crippen LogP contribution in [-0.4, -0.2) is 20.9 Å². The van der Waals surface area contributed by atoms with Gasteiger partial charge in [-0.15, -0.1) is 22.7 Å². The fraction of sp³-hybridized carbons (Fsp3) is 0.118. The van der Waals surface area contributed by atoms with Crippen LogP contribution in [0.4, 0.5) is 0 Å². The average Bonchev–Trinajstić information content (AvgIpc) is 3.32. The largest absolute Gasteiger partial charge is 0.349 e. The molecule has 7 heteroatoms. The molecule has 4 aromatic rings. The molecule has 0 fully saturated rings. The second-order valence-electron chi connectivity index (χ2n) is 5.28. The normalized spacial score (nSPS) is 11.0. The highest BCUT2D eigenvalue weighted by molar-refractivity contribution is 7.20. The van der Waals surface area contributed by atoms with Gasteiger partial charge in [-0.05, 0) is 23.6 Å². The van der Waals surface area contributed by atoms with Gasteiger partial charge in [-0.25, -0.2) is 9.97 Å². The molecule has 0 aliphatic rings. The minimum atomic E-state index is -0.0570. The summed E-state index contributed by atoms with van der Waals surface area (Å²) in [5, 5.41) is 7.81. The Labute approximate surface area is 146 Å². The average molecular weight is 354 g/mol. The van der Waals surface area contributed by atoms with Crippen molar-refractivity contribution in [3.8, 4) is 9.88 Å². The van der Waals surface area contributed by atoms with E-state index in [0.717, 1.165) is 32.4 Å². The zero-order chi connectivity index (χ0) is 16.4. The van der Waals surface area contributed by atoms with Gasteiger partial charge in [0.2, 0.25) is 5.91 Å². The first kappa shape index (κ1) is 15.0. The lowest BCUT2D eigenvalue weighted by Crippen LogP contribution is -2.25. The van der Waals surface area contributed by atoms with Crippen molar-refractivity contribution in [1.29, 1.82) is 0 Å². The lowest BCUT2D eigenvalue weighted by molar-refractivity contribution is -0.120. The number of thiophene rings is 1. The lowest BCUT2D eigenvalue weighted by Gasteiger charge is -2.01. The third-order valence-corrected chi connectivity index (χ3v) is 5.45.